The van der Waals surface area contributed by atoms with Crippen molar-refractivity contribution < 1.29 is 14.3 Å². The van der Waals surface area contributed by atoms with Gasteiger partial charge >= 0.3 is 0 Å². The maximum atomic E-state index is 11.6. The van der Waals surface area contributed by atoms with Gasteiger partial charge in [0.25, 0.3) is 5.91 Å². The fourth-order valence-electron chi connectivity index (χ4n) is 1.48. The molecule has 1 rings (SSSR count). The van der Waals surface area contributed by atoms with Crippen molar-refractivity contribution in [1.82, 2.24) is 15.6 Å². The molecule has 0 bridgehead atoms. The number of hydrogen-bond acceptors (Lipinski definition) is 5. The summed E-state index contributed by atoms with van der Waals surface area (Å²) in [5, 5.41) is 7.18. The van der Waals surface area contributed by atoms with Gasteiger partial charge in [-0.15, -0.1) is 0 Å². The van der Waals surface area contributed by atoms with Crippen molar-refractivity contribution in [3.63, 3.8) is 0 Å². The molecular weight excluding hydrogens is 316 g/mol. The standard InChI is InChI=1S/C15H22N4O3S/c1-5-21-13-8-11(9-17-18-15(23)16-2)6-7-12(13)22-10-14(20)19(3)4/h6-9H,5,10H2,1-4H3,(H2,16,18,23). The minimum atomic E-state index is -0.122. The first kappa shape index (κ1) is 18.7. The van der Waals surface area contributed by atoms with Crippen molar-refractivity contribution in [2.45, 2.75) is 6.92 Å². The average molecular weight is 338 g/mol. The lowest BCUT2D eigenvalue weighted by Gasteiger charge is -2.14. The van der Waals surface area contributed by atoms with Crippen molar-refractivity contribution in [3.8, 4) is 11.5 Å². The molecule has 1 aromatic carbocycles. The van der Waals surface area contributed by atoms with Crippen molar-refractivity contribution in [3.05, 3.63) is 23.8 Å². The lowest BCUT2D eigenvalue weighted by atomic mass is 10.2. The van der Waals surface area contributed by atoms with Crippen molar-refractivity contribution >= 4 is 29.5 Å². The number of carbonyl (C=O) groups excluding carboxylic acids is 1. The maximum Gasteiger partial charge on any atom is 0.259 e. The van der Waals surface area contributed by atoms with Crippen LogP contribution in [0.1, 0.15) is 12.5 Å². The Labute approximate surface area is 141 Å². The van der Waals surface area contributed by atoms with E-state index in [1.165, 1.54) is 4.90 Å². The predicted octanol–water partition coefficient (Wildman–Crippen LogP) is 0.980. The van der Waals surface area contributed by atoms with E-state index < -0.39 is 0 Å². The molecule has 0 aliphatic heterocycles. The van der Waals surface area contributed by atoms with Crippen molar-refractivity contribution in [2.24, 2.45) is 5.10 Å². The van der Waals surface area contributed by atoms with Crippen molar-refractivity contribution in [1.29, 1.82) is 0 Å². The highest BCUT2D eigenvalue weighted by molar-refractivity contribution is 7.80. The minimum absolute atomic E-state index is 0.0431. The number of hydrogen-bond donors (Lipinski definition) is 2. The molecule has 0 spiro atoms. The molecule has 126 valence electrons. The van der Waals surface area contributed by atoms with E-state index in [2.05, 4.69) is 15.8 Å². The second kappa shape index (κ2) is 9.62. The Hall–Kier alpha value is -2.35. The highest BCUT2D eigenvalue weighted by Crippen LogP contribution is 2.28. The third-order valence-electron chi connectivity index (χ3n) is 2.72. The zero-order valence-electron chi connectivity index (χ0n) is 13.8. The fourth-order valence-corrected chi connectivity index (χ4v) is 1.54. The first-order valence-corrected chi connectivity index (χ1v) is 7.49. The molecule has 0 atom stereocenters. The molecular formula is C15H22N4O3S. The van der Waals surface area contributed by atoms with Gasteiger partial charge in [-0.2, -0.15) is 5.10 Å². The van der Waals surface area contributed by atoms with Gasteiger partial charge in [0.05, 0.1) is 12.8 Å². The summed E-state index contributed by atoms with van der Waals surface area (Å²) in [5.41, 5.74) is 3.48. The number of amides is 1. The van der Waals surface area contributed by atoms with Gasteiger partial charge in [-0.05, 0) is 42.9 Å². The Balaban J connectivity index is 2.80. The third kappa shape index (κ3) is 6.52. The van der Waals surface area contributed by atoms with Crippen molar-refractivity contribution in [2.75, 3.05) is 34.4 Å². The van der Waals surface area contributed by atoms with Gasteiger partial charge in [-0.1, -0.05) is 0 Å². The Morgan fingerprint density at radius 3 is 2.70 bits per heavy atom. The Morgan fingerprint density at radius 1 is 1.35 bits per heavy atom. The van der Waals surface area contributed by atoms with Gasteiger partial charge in [-0.25, -0.2) is 0 Å². The maximum absolute atomic E-state index is 11.6. The molecule has 0 aromatic heterocycles. The van der Waals surface area contributed by atoms with Crippen LogP contribution in [-0.2, 0) is 4.79 Å². The van der Waals surface area contributed by atoms with Crippen LogP contribution in [-0.4, -0.2) is 56.5 Å². The summed E-state index contributed by atoms with van der Waals surface area (Å²) in [4.78, 5) is 13.1. The van der Waals surface area contributed by atoms with Crippen LogP contribution >= 0.6 is 12.2 Å². The molecule has 0 unspecified atom stereocenters. The quantitative estimate of drug-likeness (QED) is 0.439. The van der Waals surface area contributed by atoms with E-state index in [1.807, 2.05) is 13.0 Å². The fraction of sp³-hybridized carbons (Fsp3) is 0.400. The Kier molecular flexibility index (Phi) is 7.82. The highest BCUT2D eigenvalue weighted by Gasteiger charge is 2.10. The van der Waals surface area contributed by atoms with Crippen LogP contribution in [0, 0.1) is 0 Å². The number of rotatable bonds is 7. The van der Waals surface area contributed by atoms with Crippen LogP contribution in [0.5, 0.6) is 11.5 Å². The van der Waals surface area contributed by atoms with Gasteiger partial charge in [0.1, 0.15) is 0 Å². The van der Waals surface area contributed by atoms with E-state index in [1.54, 1.807) is 39.5 Å². The van der Waals surface area contributed by atoms with E-state index in [9.17, 15) is 4.79 Å². The van der Waals surface area contributed by atoms with Gasteiger partial charge < -0.3 is 19.7 Å². The lowest BCUT2D eigenvalue weighted by Crippen LogP contribution is -2.28. The molecule has 0 aliphatic rings. The summed E-state index contributed by atoms with van der Waals surface area (Å²) in [6, 6.07) is 5.34. The molecule has 0 saturated carbocycles. The van der Waals surface area contributed by atoms with Crippen LogP contribution in [0.25, 0.3) is 0 Å². The molecule has 7 nitrogen and oxygen atoms in total. The molecule has 1 amide bonds. The van der Waals surface area contributed by atoms with Gasteiger partial charge in [0, 0.05) is 21.1 Å². The Bertz CT molecular complexity index is 576. The van der Waals surface area contributed by atoms with Gasteiger partial charge in [0.2, 0.25) is 0 Å². The summed E-state index contributed by atoms with van der Waals surface area (Å²) < 4.78 is 11.1. The molecule has 0 saturated heterocycles. The number of likely N-dealkylation sites (N-methyl/N-ethyl adjacent to an activating group) is 1. The molecule has 8 heteroatoms. The molecule has 23 heavy (non-hydrogen) atoms. The number of nitrogens with zero attached hydrogens (tertiary/aromatic N) is 2. The monoisotopic (exact) mass is 338 g/mol. The summed E-state index contributed by atoms with van der Waals surface area (Å²) in [5.74, 6) is 0.944. The topological polar surface area (TPSA) is 75.2 Å². The first-order chi connectivity index (χ1) is 11.0. The molecule has 1 aromatic rings. The average Bonchev–Trinajstić information content (AvgIpc) is 2.53. The zero-order valence-corrected chi connectivity index (χ0v) is 14.6. The van der Waals surface area contributed by atoms with E-state index in [0.717, 1.165) is 5.56 Å². The molecule has 0 fully saturated rings. The number of benzene rings is 1. The molecule has 0 radical (unpaired) electrons. The Morgan fingerprint density at radius 2 is 2.09 bits per heavy atom. The molecule has 0 aliphatic carbocycles. The van der Waals surface area contributed by atoms with Crippen LogP contribution in [0.15, 0.2) is 23.3 Å². The minimum Gasteiger partial charge on any atom is -0.490 e. The summed E-state index contributed by atoms with van der Waals surface area (Å²) >= 11 is 4.92. The van der Waals surface area contributed by atoms with Crippen LogP contribution < -0.4 is 20.2 Å². The van der Waals surface area contributed by atoms with E-state index in [-0.39, 0.29) is 12.5 Å². The van der Waals surface area contributed by atoms with E-state index in [4.69, 9.17) is 21.7 Å². The lowest BCUT2D eigenvalue weighted by molar-refractivity contribution is -0.130. The number of ether oxygens (including phenoxy) is 2. The first-order valence-electron chi connectivity index (χ1n) is 7.08. The van der Waals surface area contributed by atoms with Crippen LogP contribution in [0.4, 0.5) is 0 Å². The SMILES string of the molecule is CCOc1cc(C=NNC(=S)NC)ccc1OCC(=O)N(C)C. The number of hydrazone groups is 1. The van der Waals surface area contributed by atoms with E-state index in [0.29, 0.717) is 23.2 Å². The zero-order chi connectivity index (χ0) is 17.2. The second-order valence-corrected chi connectivity index (χ2v) is 5.07. The predicted molar refractivity (Wildman–Crippen MR) is 94.2 cm³/mol. The van der Waals surface area contributed by atoms with Crippen LogP contribution in [0.2, 0.25) is 0 Å². The summed E-state index contributed by atoms with van der Waals surface area (Å²) in [6.45, 7) is 2.32. The summed E-state index contributed by atoms with van der Waals surface area (Å²) in [7, 11) is 5.06. The highest BCUT2D eigenvalue weighted by atomic mass is 32.1. The largest absolute Gasteiger partial charge is 0.490 e. The second-order valence-electron chi connectivity index (χ2n) is 4.67. The number of nitrogens with one attached hydrogen (secondary N) is 2. The number of thiocarbonyl (C=S) groups is 1. The van der Waals surface area contributed by atoms with Crippen LogP contribution in [0.3, 0.4) is 0 Å². The van der Waals surface area contributed by atoms with Gasteiger partial charge in [0.15, 0.2) is 23.2 Å². The smallest absolute Gasteiger partial charge is 0.259 e. The van der Waals surface area contributed by atoms with E-state index >= 15 is 0 Å². The molecule has 0 heterocycles. The third-order valence-corrected chi connectivity index (χ3v) is 3.02. The normalized spacial score (nSPS) is 10.3. The molecule has 2 N–H and O–H groups in total. The van der Waals surface area contributed by atoms with Gasteiger partial charge in [-0.3, -0.25) is 10.2 Å². The number of carbonyl (C=O) groups is 1. The summed E-state index contributed by atoms with van der Waals surface area (Å²) in [6.07, 6.45) is 1.61.